The van der Waals surface area contributed by atoms with Gasteiger partial charge in [0, 0.05) is 45.8 Å². The van der Waals surface area contributed by atoms with Gasteiger partial charge < -0.3 is 15.0 Å². The van der Waals surface area contributed by atoms with Gasteiger partial charge in [-0.3, -0.25) is 9.67 Å². The van der Waals surface area contributed by atoms with E-state index in [-0.39, 0.29) is 30.1 Å². The van der Waals surface area contributed by atoms with E-state index in [1.807, 2.05) is 51.0 Å². The van der Waals surface area contributed by atoms with Gasteiger partial charge in [-0.1, -0.05) is 12.1 Å². The van der Waals surface area contributed by atoms with E-state index in [0.717, 1.165) is 37.8 Å². The Morgan fingerprint density at radius 1 is 1.33 bits per heavy atom. The van der Waals surface area contributed by atoms with E-state index < -0.39 is 0 Å². The highest BCUT2D eigenvalue weighted by Crippen LogP contribution is 2.26. The number of benzene rings is 1. The Bertz CT molecular complexity index is 741. The zero-order chi connectivity index (χ0) is 18.5. The Hall–Kier alpha value is -1.77. The van der Waals surface area contributed by atoms with Crippen LogP contribution in [-0.2, 0) is 13.6 Å². The molecule has 1 N–H and O–H groups in total. The third kappa shape index (κ3) is 5.85. The highest BCUT2D eigenvalue weighted by atomic mass is 127. The van der Waals surface area contributed by atoms with Crippen LogP contribution in [0.15, 0.2) is 41.7 Å². The maximum atomic E-state index is 5.69. The molecule has 1 aromatic heterocycles. The SMILES string of the molecule is CN=C(NCc1ccc(OC(C)C)cc1)N1CCC(c2cnn(C)c2)C1.I. The number of likely N-dealkylation sites (tertiary alicyclic amines) is 1. The zero-order valence-electron chi connectivity index (χ0n) is 16.6. The number of ether oxygens (including phenoxy) is 1. The summed E-state index contributed by atoms with van der Waals surface area (Å²) in [5.74, 6) is 2.39. The molecule has 1 fully saturated rings. The average Bonchev–Trinajstić information content (AvgIpc) is 3.25. The fraction of sp³-hybridized carbons (Fsp3) is 0.500. The molecular weight excluding hydrogens is 453 g/mol. The number of guanidine groups is 1. The molecule has 1 aliphatic rings. The predicted molar refractivity (Wildman–Crippen MR) is 120 cm³/mol. The van der Waals surface area contributed by atoms with Crippen LogP contribution in [0.3, 0.4) is 0 Å². The summed E-state index contributed by atoms with van der Waals surface area (Å²) in [6.07, 6.45) is 5.42. The van der Waals surface area contributed by atoms with Crippen LogP contribution >= 0.6 is 24.0 Å². The normalized spacial score (nSPS) is 17.1. The largest absolute Gasteiger partial charge is 0.491 e. The van der Waals surface area contributed by atoms with Gasteiger partial charge >= 0.3 is 0 Å². The van der Waals surface area contributed by atoms with Crippen LogP contribution in [0.2, 0.25) is 0 Å². The number of nitrogens with one attached hydrogen (secondary N) is 1. The van der Waals surface area contributed by atoms with Crippen molar-refractivity contribution in [2.45, 2.75) is 38.8 Å². The van der Waals surface area contributed by atoms with Crippen LogP contribution < -0.4 is 10.1 Å². The van der Waals surface area contributed by atoms with E-state index in [9.17, 15) is 0 Å². The Balaban J connectivity index is 0.00000261. The molecule has 148 valence electrons. The number of halogens is 1. The second-order valence-corrected chi connectivity index (χ2v) is 7.09. The number of aliphatic imine (C=N–C) groups is 1. The van der Waals surface area contributed by atoms with Gasteiger partial charge in [0.15, 0.2) is 5.96 Å². The summed E-state index contributed by atoms with van der Waals surface area (Å²) in [5.41, 5.74) is 2.52. The molecule has 2 heterocycles. The van der Waals surface area contributed by atoms with Crippen LogP contribution in [-0.4, -0.2) is 46.9 Å². The van der Waals surface area contributed by atoms with Gasteiger partial charge in [-0.2, -0.15) is 5.10 Å². The fourth-order valence-electron chi connectivity index (χ4n) is 3.35. The van der Waals surface area contributed by atoms with Crippen molar-refractivity contribution < 1.29 is 4.74 Å². The molecule has 0 aliphatic carbocycles. The van der Waals surface area contributed by atoms with Gasteiger partial charge in [-0.15, -0.1) is 24.0 Å². The van der Waals surface area contributed by atoms with Crippen molar-refractivity contribution in [3.8, 4) is 5.75 Å². The minimum atomic E-state index is 0. The molecule has 1 atom stereocenters. The zero-order valence-corrected chi connectivity index (χ0v) is 18.9. The molecule has 2 aromatic rings. The lowest BCUT2D eigenvalue weighted by molar-refractivity contribution is 0.242. The summed E-state index contributed by atoms with van der Waals surface area (Å²) in [7, 11) is 3.81. The Morgan fingerprint density at radius 2 is 2.07 bits per heavy atom. The summed E-state index contributed by atoms with van der Waals surface area (Å²) in [5, 5.41) is 7.77. The Kier molecular flexibility index (Phi) is 7.94. The lowest BCUT2D eigenvalue weighted by Crippen LogP contribution is -2.39. The quantitative estimate of drug-likeness (QED) is 0.403. The highest BCUT2D eigenvalue weighted by molar-refractivity contribution is 14.0. The van der Waals surface area contributed by atoms with Crippen molar-refractivity contribution in [1.82, 2.24) is 20.0 Å². The van der Waals surface area contributed by atoms with Gasteiger partial charge in [0.2, 0.25) is 0 Å². The van der Waals surface area contributed by atoms with Crippen LogP contribution in [0.1, 0.15) is 37.3 Å². The smallest absolute Gasteiger partial charge is 0.193 e. The molecule has 1 unspecified atom stereocenters. The van der Waals surface area contributed by atoms with Crippen LogP contribution in [0.4, 0.5) is 0 Å². The van der Waals surface area contributed by atoms with Gasteiger partial charge in [-0.05, 0) is 43.5 Å². The molecule has 27 heavy (non-hydrogen) atoms. The number of hydrogen-bond donors (Lipinski definition) is 1. The molecule has 1 saturated heterocycles. The minimum Gasteiger partial charge on any atom is -0.491 e. The molecule has 1 aliphatic heterocycles. The lowest BCUT2D eigenvalue weighted by Gasteiger charge is -2.21. The van der Waals surface area contributed by atoms with Crippen molar-refractivity contribution in [2.75, 3.05) is 20.1 Å². The van der Waals surface area contributed by atoms with Crippen LogP contribution in [0.5, 0.6) is 5.75 Å². The van der Waals surface area contributed by atoms with E-state index in [2.05, 4.69) is 38.6 Å². The highest BCUT2D eigenvalue weighted by Gasteiger charge is 2.26. The molecule has 3 rings (SSSR count). The van der Waals surface area contributed by atoms with E-state index >= 15 is 0 Å². The number of nitrogens with zero attached hydrogens (tertiary/aromatic N) is 4. The van der Waals surface area contributed by atoms with E-state index in [1.54, 1.807) is 0 Å². The summed E-state index contributed by atoms with van der Waals surface area (Å²) >= 11 is 0. The first-order chi connectivity index (χ1) is 12.5. The van der Waals surface area contributed by atoms with E-state index in [4.69, 9.17) is 4.74 Å². The standard InChI is InChI=1S/C20H29N5O.HI/c1-15(2)26-19-7-5-16(6-8-19)11-22-20(21-3)25-10-9-17(14-25)18-12-23-24(4)13-18;/h5-8,12-13,15,17H,9-11,14H2,1-4H3,(H,21,22);1H. The first-order valence-electron chi connectivity index (χ1n) is 9.25. The van der Waals surface area contributed by atoms with Gasteiger partial charge in [0.1, 0.15) is 5.75 Å². The molecule has 7 heteroatoms. The Morgan fingerprint density at radius 3 is 2.67 bits per heavy atom. The maximum Gasteiger partial charge on any atom is 0.193 e. The molecular formula is C20H30IN5O. The molecule has 1 aromatic carbocycles. The molecule has 0 spiro atoms. The molecule has 0 radical (unpaired) electrons. The third-order valence-electron chi connectivity index (χ3n) is 4.64. The van der Waals surface area contributed by atoms with Crippen molar-refractivity contribution in [1.29, 1.82) is 0 Å². The second kappa shape index (κ2) is 9.96. The molecule has 0 amide bonds. The number of hydrogen-bond acceptors (Lipinski definition) is 3. The summed E-state index contributed by atoms with van der Waals surface area (Å²) < 4.78 is 7.57. The molecule has 0 saturated carbocycles. The number of aromatic nitrogens is 2. The van der Waals surface area contributed by atoms with Gasteiger partial charge in [0.05, 0.1) is 12.3 Å². The fourth-order valence-corrected chi connectivity index (χ4v) is 3.35. The first kappa shape index (κ1) is 21.5. The topological polar surface area (TPSA) is 54.7 Å². The monoisotopic (exact) mass is 483 g/mol. The predicted octanol–water partition coefficient (Wildman–Crippen LogP) is 3.39. The first-order valence-corrected chi connectivity index (χ1v) is 9.25. The average molecular weight is 483 g/mol. The van der Waals surface area contributed by atoms with Crippen molar-refractivity contribution in [3.05, 3.63) is 47.8 Å². The second-order valence-electron chi connectivity index (χ2n) is 7.09. The minimum absolute atomic E-state index is 0. The van der Waals surface area contributed by atoms with Crippen LogP contribution in [0, 0.1) is 0 Å². The maximum absolute atomic E-state index is 5.69. The molecule has 6 nitrogen and oxygen atoms in total. The number of aryl methyl sites for hydroxylation is 1. The van der Waals surface area contributed by atoms with Crippen LogP contribution in [0.25, 0.3) is 0 Å². The third-order valence-corrected chi connectivity index (χ3v) is 4.64. The van der Waals surface area contributed by atoms with Crippen molar-refractivity contribution in [2.24, 2.45) is 12.0 Å². The summed E-state index contributed by atoms with van der Waals surface area (Å²) in [4.78, 5) is 6.79. The number of rotatable bonds is 5. The van der Waals surface area contributed by atoms with Gasteiger partial charge in [0.25, 0.3) is 0 Å². The van der Waals surface area contributed by atoms with E-state index in [0.29, 0.717) is 5.92 Å². The van der Waals surface area contributed by atoms with Crippen molar-refractivity contribution >= 4 is 29.9 Å². The summed E-state index contributed by atoms with van der Waals surface area (Å²) in [6, 6.07) is 8.24. The van der Waals surface area contributed by atoms with E-state index in [1.165, 1.54) is 11.1 Å². The summed E-state index contributed by atoms with van der Waals surface area (Å²) in [6.45, 7) is 6.82. The lowest BCUT2D eigenvalue weighted by atomic mass is 10.0. The van der Waals surface area contributed by atoms with Gasteiger partial charge in [-0.25, -0.2) is 0 Å². The van der Waals surface area contributed by atoms with Crippen molar-refractivity contribution in [3.63, 3.8) is 0 Å². The Labute approximate surface area is 179 Å². The molecule has 0 bridgehead atoms.